The van der Waals surface area contributed by atoms with E-state index in [1.165, 1.54) is 0 Å². The molecule has 17 heavy (non-hydrogen) atoms. The first-order valence-corrected chi connectivity index (χ1v) is 6.27. The average molecular weight is 235 g/mol. The summed E-state index contributed by atoms with van der Waals surface area (Å²) in [5.74, 6) is 0.0459. The summed E-state index contributed by atoms with van der Waals surface area (Å²) in [7, 11) is 0. The molecule has 0 saturated carbocycles. The van der Waals surface area contributed by atoms with E-state index in [9.17, 15) is 9.59 Å². The van der Waals surface area contributed by atoms with Crippen LogP contribution in [0, 0.1) is 6.92 Å². The molecule has 0 unspecified atom stereocenters. The SMILES string of the molecule is CCCCn1c(CC)c(C(C)=O)c(C)cc1=O. The first-order valence-electron chi connectivity index (χ1n) is 6.27. The lowest BCUT2D eigenvalue weighted by atomic mass is 10.0. The molecular weight excluding hydrogens is 214 g/mol. The number of carbonyl (C=O) groups is 1. The molecule has 0 aliphatic heterocycles. The number of pyridine rings is 1. The van der Waals surface area contributed by atoms with Gasteiger partial charge in [-0.05, 0) is 32.3 Å². The third kappa shape index (κ3) is 2.84. The molecule has 0 spiro atoms. The summed E-state index contributed by atoms with van der Waals surface area (Å²) in [5.41, 5.74) is 2.42. The predicted octanol–water partition coefficient (Wildman–Crippen LogP) is 2.72. The number of rotatable bonds is 5. The number of Topliss-reactive ketones (excluding diaryl/α,β-unsaturated/α-hetero) is 1. The summed E-state index contributed by atoms with van der Waals surface area (Å²) < 4.78 is 1.76. The Kier molecular flexibility index (Phi) is 4.67. The molecule has 0 saturated heterocycles. The Labute approximate surface area is 102 Å². The van der Waals surface area contributed by atoms with E-state index < -0.39 is 0 Å². The number of carbonyl (C=O) groups excluding carboxylic acids is 1. The summed E-state index contributed by atoms with van der Waals surface area (Å²) in [6.07, 6.45) is 2.72. The van der Waals surface area contributed by atoms with Gasteiger partial charge in [-0.25, -0.2) is 0 Å². The average Bonchev–Trinajstić information content (AvgIpc) is 2.26. The molecule has 0 fully saturated rings. The number of aromatic nitrogens is 1. The highest BCUT2D eigenvalue weighted by molar-refractivity contribution is 5.96. The van der Waals surface area contributed by atoms with Crippen LogP contribution in [0.25, 0.3) is 0 Å². The van der Waals surface area contributed by atoms with Gasteiger partial charge in [0.2, 0.25) is 0 Å². The Hall–Kier alpha value is -1.38. The molecule has 3 heteroatoms. The van der Waals surface area contributed by atoms with Crippen molar-refractivity contribution in [3.05, 3.63) is 33.2 Å². The Morgan fingerprint density at radius 1 is 1.35 bits per heavy atom. The van der Waals surface area contributed by atoms with Crippen LogP contribution in [0.2, 0.25) is 0 Å². The minimum absolute atomic E-state index is 0.0119. The summed E-state index contributed by atoms with van der Waals surface area (Å²) in [6, 6.07) is 1.57. The lowest BCUT2D eigenvalue weighted by molar-refractivity contribution is 0.101. The van der Waals surface area contributed by atoms with Gasteiger partial charge < -0.3 is 4.57 Å². The summed E-state index contributed by atoms with van der Waals surface area (Å²) in [5, 5.41) is 0. The maximum absolute atomic E-state index is 12.0. The normalized spacial score (nSPS) is 10.6. The summed E-state index contributed by atoms with van der Waals surface area (Å²) in [4.78, 5) is 23.6. The standard InChI is InChI=1S/C14H21NO2/c1-5-7-8-15-12(6-2)14(11(4)16)10(3)9-13(15)17/h9H,5-8H2,1-4H3. The van der Waals surface area contributed by atoms with Gasteiger partial charge in [0.25, 0.3) is 5.56 Å². The molecule has 0 aromatic carbocycles. The number of unbranched alkanes of at least 4 members (excludes halogenated alkanes) is 1. The minimum atomic E-state index is 0.0119. The Morgan fingerprint density at radius 3 is 2.47 bits per heavy atom. The van der Waals surface area contributed by atoms with Crippen molar-refractivity contribution in [2.75, 3.05) is 0 Å². The Morgan fingerprint density at radius 2 is 2.00 bits per heavy atom. The molecule has 0 N–H and O–H groups in total. The van der Waals surface area contributed by atoms with Crippen molar-refractivity contribution in [3.63, 3.8) is 0 Å². The van der Waals surface area contributed by atoms with Gasteiger partial charge in [-0.3, -0.25) is 9.59 Å². The fourth-order valence-electron chi connectivity index (χ4n) is 2.24. The van der Waals surface area contributed by atoms with Crippen molar-refractivity contribution in [1.29, 1.82) is 0 Å². The highest BCUT2D eigenvalue weighted by atomic mass is 16.1. The van der Waals surface area contributed by atoms with Gasteiger partial charge in [0.1, 0.15) is 0 Å². The highest BCUT2D eigenvalue weighted by Gasteiger charge is 2.14. The molecule has 0 radical (unpaired) electrons. The first kappa shape index (κ1) is 13.7. The van der Waals surface area contributed by atoms with Crippen LogP contribution >= 0.6 is 0 Å². The maximum Gasteiger partial charge on any atom is 0.251 e. The molecule has 0 atom stereocenters. The number of hydrogen-bond acceptors (Lipinski definition) is 2. The smallest absolute Gasteiger partial charge is 0.251 e. The fourth-order valence-corrected chi connectivity index (χ4v) is 2.24. The van der Waals surface area contributed by atoms with Crippen LogP contribution in [0.3, 0.4) is 0 Å². The van der Waals surface area contributed by atoms with E-state index in [0.717, 1.165) is 36.1 Å². The van der Waals surface area contributed by atoms with Gasteiger partial charge in [0.15, 0.2) is 5.78 Å². The third-order valence-electron chi connectivity index (χ3n) is 3.04. The zero-order chi connectivity index (χ0) is 13.0. The molecule has 0 aliphatic carbocycles. The van der Waals surface area contributed by atoms with Crippen molar-refractivity contribution in [1.82, 2.24) is 4.57 Å². The van der Waals surface area contributed by atoms with Gasteiger partial charge in [-0.1, -0.05) is 20.3 Å². The van der Waals surface area contributed by atoms with Crippen LogP contribution in [0.1, 0.15) is 55.2 Å². The van der Waals surface area contributed by atoms with E-state index in [4.69, 9.17) is 0 Å². The molecule has 3 nitrogen and oxygen atoms in total. The number of nitrogens with zero attached hydrogens (tertiary/aromatic N) is 1. The molecule has 1 aromatic rings. The van der Waals surface area contributed by atoms with Crippen molar-refractivity contribution in [3.8, 4) is 0 Å². The van der Waals surface area contributed by atoms with Crippen LogP contribution in [-0.4, -0.2) is 10.4 Å². The molecule has 94 valence electrons. The van der Waals surface area contributed by atoms with Crippen LogP contribution in [-0.2, 0) is 13.0 Å². The monoisotopic (exact) mass is 235 g/mol. The second kappa shape index (κ2) is 5.80. The van der Waals surface area contributed by atoms with Crippen molar-refractivity contribution < 1.29 is 4.79 Å². The summed E-state index contributed by atoms with van der Waals surface area (Å²) in [6.45, 7) is 8.19. The van der Waals surface area contributed by atoms with Crippen molar-refractivity contribution in [2.24, 2.45) is 0 Å². The maximum atomic E-state index is 12.0. The first-order chi connectivity index (χ1) is 8.02. The summed E-state index contributed by atoms with van der Waals surface area (Å²) >= 11 is 0. The molecule has 1 aromatic heterocycles. The van der Waals surface area contributed by atoms with E-state index in [-0.39, 0.29) is 11.3 Å². The molecule has 0 aliphatic rings. The third-order valence-corrected chi connectivity index (χ3v) is 3.04. The van der Waals surface area contributed by atoms with Gasteiger partial charge in [0, 0.05) is 23.9 Å². The Bertz CT molecular complexity index is 472. The zero-order valence-electron chi connectivity index (χ0n) is 11.2. The largest absolute Gasteiger partial charge is 0.312 e. The molecular formula is C14H21NO2. The van der Waals surface area contributed by atoms with Crippen LogP contribution in [0.4, 0.5) is 0 Å². The topological polar surface area (TPSA) is 39.1 Å². The van der Waals surface area contributed by atoms with Gasteiger partial charge in [-0.2, -0.15) is 0 Å². The lowest BCUT2D eigenvalue weighted by Crippen LogP contribution is -2.26. The van der Waals surface area contributed by atoms with Crippen molar-refractivity contribution in [2.45, 2.75) is 53.5 Å². The molecule has 0 amide bonds. The van der Waals surface area contributed by atoms with Crippen LogP contribution in [0.5, 0.6) is 0 Å². The Balaban J connectivity index is 3.42. The van der Waals surface area contributed by atoms with E-state index in [1.54, 1.807) is 17.6 Å². The second-order valence-corrected chi connectivity index (χ2v) is 4.40. The highest BCUT2D eigenvalue weighted by Crippen LogP contribution is 2.14. The zero-order valence-corrected chi connectivity index (χ0v) is 11.2. The second-order valence-electron chi connectivity index (χ2n) is 4.40. The number of hydrogen-bond donors (Lipinski definition) is 0. The van der Waals surface area contributed by atoms with E-state index >= 15 is 0 Å². The molecule has 0 bridgehead atoms. The quantitative estimate of drug-likeness (QED) is 0.736. The fraction of sp³-hybridized carbons (Fsp3) is 0.571. The van der Waals surface area contributed by atoms with Gasteiger partial charge >= 0.3 is 0 Å². The molecule has 1 rings (SSSR count). The predicted molar refractivity (Wildman–Crippen MR) is 69.7 cm³/mol. The van der Waals surface area contributed by atoms with E-state index in [2.05, 4.69) is 6.92 Å². The van der Waals surface area contributed by atoms with E-state index in [0.29, 0.717) is 6.54 Å². The van der Waals surface area contributed by atoms with Crippen molar-refractivity contribution >= 4 is 5.78 Å². The van der Waals surface area contributed by atoms with Crippen LogP contribution < -0.4 is 5.56 Å². The minimum Gasteiger partial charge on any atom is -0.312 e. The van der Waals surface area contributed by atoms with Crippen LogP contribution in [0.15, 0.2) is 10.9 Å². The van der Waals surface area contributed by atoms with Gasteiger partial charge in [-0.15, -0.1) is 0 Å². The van der Waals surface area contributed by atoms with E-state index in [1.807, 2.05) is 13.8 Å². The molecule has 1 heterocycles. The van der Waals surface area contributed by atoms with Gasteiger partial charge in [0.05, 0.1) is 0 Å². The number of aryl methyl sites for hydroxylation is 1. The lowest BCUT2D eigenvalue weighted by Gasteiger charge is -2.16. The number of ketones is 1.